The molecule has 6 heteroatoms. The number of phenols is 4. The first kappa shape index (κ1) is 31.9. The van der Waals surface area contributed by atoms with Gasteiger partial charge in [-0.05, 0) is 81.2 Å². The predicted molar refractivity (Wildman–Crippen MR) is 205 cm³/mol. The molecule has 0 atom stereocenters. The summed E-state index contributed by atoms with van der Waals surface area (Å²) in [6.45, 7) is 3.30. The van der Waals surface area contributed by atoms with E-state index in [9.17, 15) is 20.4 Å². The molecular weight excluding hydrogens is 620 g/mol. The lowest BCUT2D eigenvalue weighted by atomic mass is 9.89. The van der Waals surface area contributed by atoms with Crippen molar-refractivity contribution in [1.29, 1.82) is 10.8 Å². The molecule has 6 nitrogen and oxygen atoms in total. The van der Waals surface area contributed by atoms with Crippen LogP contribution in [0.4, 0.5) is 0 Å². The Morgan fingerprint density at radius 1 is 0.380 bits per heavy atom. The van der Waals surface area contributed by atoms with Gasteiger partial charge in [0.15, 0.2) is 0 Å². The van der Waals surface area contributed by atoms with Crippen LogP contribution in [0.3, 0.4) is 0 Å². The summed E-state index contributed by atoms with van der Waals surface area (Å²) in [4.78, 5) is 0. The van der Waals surface area contributed by atoms with Gasteiger partial charge in [0.05, 0.1) is 0 Å². The van der Waals surface area contributed by atoms with Gasteiger partial charge in [-0.2, -0.15) is 0 Å². The molecular formula is C44H34N2O4. The van der Waals surface area contributed by atoms with Crippen molar-refractivity contribution in [1.82, 2.24) is 0 Å². The minimum atomic E-state index is 0.0258. The third-order valence-electron chi connectivity index (χ3n) is 9.17. The van der Waals surface area contributed by atoms with E-state index in [1.807, 2.05) is 121 Å². The number of hydrogen-bond donors (Lipinski definition) is 6. The first-order chi connectivity index (χ1) is 24.2. The molecule has 0 bridgehead atoms. The van der Waals surface area contributed by atoms with Gasteiger partial charge in [0, 0.05) is 44.8 Å². The molecule has 0 saturated heterocycles. The lowest BCUT2D eigenvalue weighted by molar-refractivity contribution is 0.469. The normalized spacial score (nSPS) is 11.1. The minimum Gasteiger partial charge on any atom is -0.507 e. The number of phenolic OH excluding ortho intramolecular Hbond substituents is 4. The fourth-order valence-electron chi connectivity index (χ4n) is 6.80. The highest BCUT2D eigenvalue weighted by Gasteiger charge is 2.21. The second-order valence-electron chi connectivity index (χ2n) is 12.3. The Balaban J connectivity index is 0.000000157. The van der Waals surface area contributed by atoms with Gasteiger partial charge in [0.25, 0.3) is 0 Å². The van der Waals surface area contributed by atoms with Crippen molar-refractivity contribution < 1.29 is 20.4 Å². The molecule has 0 fully saturated rings. The van der Waals surface area contributed by atoms with E-state index in [1.165, 1.54) is 0 Å². The largest absolute Gasteiger partial charge is 0.507 e. The minimum absolute atomic E-state index is 0.0258. The number of nitrogens with one attached hydrogen (secondary N) is 2. The highest BCUT2D eigenvalue weighted by Crippen LogP contribution is 2.47. The monoisotopic (exact) mass is 654 g/mol. The molecule has 0 radical (unpaired) electrons. The number of benzene rings is 8. The maximum Gasteiger partial charge on any atom is 0.133 e. The van der Waals surface area contributed by atoms with Crippen LogP contribution in [0.2, 0.25) is 0 Å². The Hall–Kier alpha value is -6.66. The van der Waals surface area contributed by atoms with E-state index in [-0.39, 0.29) is 34.4 Å². The Morgan fingerprint density at radius 2 is 0.680 bits per heavy atom. The zero-order chi connectivity index (χ0) is 35.1. The van der Waals surface area contributed by atoms with E-state index in [0.717, 1.165) is 43.1 Å². The van der Waals surface area contributed by atoms with Crippen molar-refractivity contribution >= 4 is 54.5 Å². The summed E-state index contributed by atoms with van der Waals surface area (Å²) >= 11 is 0. The van der Waals surface area contributed by atoms with E-state index in [2.05, 4.69) is 0 Å². The van der Waals surface area contributed by atoms with Gasteiger partial charge < -0.3 is 31.2 Å². The molecule has 0 amide bonds. The van der Waals surface area contributed by atoms with Gasteiger partial charge in [0.1, 0.15) is 23.0 Å². The van der Waals surface area contributed by atoms with Crippen molar-refractivity contribution in [3.8, 4) is 45.3 Å². The fraction of sp³-hybridized carbons (Fsp3) is 0.0455. The maximum absolute atomic E-state index is 10.9. The van der Waals surface area contributed by atoms with Crippen molar-refractivity contribution in [2.24, 2.45) is 0 Å². The van der Waals surface area contributed by atoms with Crippen molar-refractivity contribution in [2.75, 3.05) is 0 Å². The highest BCUT2D eigenvalue weighted by atomic mass is 16.3. The second-order valence-corrected chi connectivity index (χ2v) is 12.3. The van der Waals surface area contributed by atoms with Crippen molar-refractivity contribution in [2.45, 2.75) is 13.8 Å². The topological polar surface area (TPSA) is 129 Å². The molecule has 0 aliphatic heterocycles. The summed E-state index contributed by atoms with van der Waals surface area (Å²) in [5.74, 6) is 0.272. The summed E-state index contributed by atoms with van der Waals surface area (Å²) in [6.07, 6.45) is 0. The van der Waals surface area contributed by atoms with E-state index < -0.39 is 0 Å². The van der Waals surface area contributed by atoms with Crippen LogP contribution in [0.5, 0.6) is 23.0 Å². The van der Waals surface area contributed by atoms with Crippen LogP contribution >= 0.6 is 0 Å². The first-order valence-corrected chi connectivity index (χ1v) is 16.2. The Kier molecular flexibility index (Phi) is 8.14. The number of aromatic hydroxyl groups is 4. The van der Waals surface area contributed by atoms with Crippen LogP contribution in [-0.4, -0.2) is 31.8 Å². The van der Waals surface area contributed by atoms with E-state index >= 15 is 0 Å². The Morgan fingerprint density at radius 3 is 1.02 bits per heavy atom. The third-order valence-corrected chi connectivity index (χ3v) is 9.17. The summed E-state index contributed by atoms with van der Waals surface area (Å²) in [6, 6.07) is 41.6. The van der Waals surface area contributed by atoms with Crippen LogP contribution in [0, 0.1) is 10.8 Å². The molecule has 8 aromatic carbocycles. The molecule has 0 heterocycles. The Labute approximate surface area is 288 Å². The van der Waals surface area contributed by atoms with Crippen LogP contribution in [0.15, 0.2) is 133 Å². The van der Waals surface area contributed by atoms with Gasteiger partial charge in [-0.15, -0.1) is 0 Å². The van der Waals surface area contributed by atoms with Gasteiger partial charge in [-0.3, -0.25) is 0 Å². The Bertz CT molecular complexity index is 2480. The average molecular weight is 655 g/mol. The summed E-state index contributed by atoms with van der Waals surface area (Å²) in [5, 5.41) is 66.3. The summed E-state index contributed by atoms with van der Waals surface area (Å²) in [7, 11) is 0. The second kappa shape index (κ2) is 12.7. The maximum atomic E-state index is 10.9. The zero-order valence-corrected chi connectivity index (χ0v) is 27.5. The molecule has 50 heavy (non-hydrogen) atoms. The molecule has 0 saturated carbocycles. The average Bonchev–Trinajstić information content (AvgIpc) is 3.12. The highest BCUT2D eigenvalue weighted by molar-refractivity contribution is 6.15. The zero-order valence-electron chi connectivity index (χ0n) is 27.5. The first-order valence-electron chi connectivity index (χ1n) is 16.2. The van der Waals surface area contributed by atoms with Crippen LogP contribution in [0.25, 0.3) is 65.3 Å². The summed E-state index contributed by atoms with van der Waals surface area (Å²) in [5.41, 5.74) is 3.82. The number of hydrogen-bond acceptors (Lipinski definition) is 6. The van der Waals surface area contributed by atoms with Gasteiger partial charge in [0.2, 0.25) is 0 Å². The molecule has 244 valence electrons. The molecule has 0 aromatic heterocycles. The summed E-state index contributed by atoms with van der Waals surface area (Å²) < 4.78 is 0. The predicted octanol–water partition coefficient (Wildman–Crippen LogP) is 10.9. The van der Waals surface area contributed by atoms with E-state index in [4.69, 9.17) is 10.8 Å². The number of rotatable bonds is 4. The number of fused-ring (bicyclic) bond motifs is 4. The van der Waals surface area contributed by atoms with Crippen molar-refractivity contribution in [3.63, 3.8) is 0 Å². The lowest BCUT2D eigenvalue weighted by Gasteiger charge is -2.16. The molecule has 8 rings (SSSR count). The van der Waals surface area contributed by atoms with Gasteiger partial charge in [-0.1, -0.05) is 109 Å². The molecule has 0 aliphatic rings. The molecule has 8 aromatic rings. The molecule has 0 unspecified atom stereocenters. The van der Waals surface area contributed by atoms with Gasteiger partial charge in [-0.25, -0.2) is 0 Å². The van der Waals surface area contributed by atoms with Crippen molar-refractivity contribution in [3.05, 3.63) is 145 Å². The third kappa shape index (κ3) is 5.43. The van der Waals surface area contributed by atoms with Crippen LogP contribution in [-0.2, 0) is 0 Å². The molecule has 0 spiro atoms. The van der Waals surface area contributed by atoms with Crippen LogP contribution < -0.4 is 0 Å². The lowest BCUT2D eigenvalue weighted by Crippen LogP contribution is -1.96. The molecule has 6 N–H and O–H groups in total. The standard InChI is InChI=1S/2C22H17NO2/c2*1-13(23)18-12-15-7-3-5-9-17(15)21(22(18)25)20-16-8-4-2-6-14(16)10-11-19(20)24/h2*2-12,23-25H,1H3. The quantitative estimate of drug-likeness (QED) is 0.105. The van der Waals surface area contributed by atoms with Crippen LogP contribution in [0.1, 0.15) is 25.0 Å². The van der Waals surface area contributed by atoms with Gasteiger partial charge >= 0.3 is 0 Å². The molecule has 0 aliphatic carbocycles. The SMILES string of the molecule is CC(=N)c1cc2ccccc2c(-c2c(O)ccc3ccccc23)c1O.CC(=N)c1cc2ccccc2c(-c2c(O)ccc3ccccc23)c1O. The van der Waals surface area contributed by atoms with E-state index in [1.54, 1.807) is 26.0 Å². The fourth-order valence-corrected chi connectivity index (χ4v) is 6.80. The van der Waals surface area contributed by atoms with E-state index in [0.29, 0.717) is 33.4 Å². The smallest absolute Gasteiger partial charge is 0.133 e.